The van der Waals surface area contributed by atoms with Crippen molar-refractivity contribution in [1.29, 1.82) is 0 Å². The highest BCUT2D eigenvalue weighted by atomic mass is 16.5. The van der Waals surface area contributed by atoms with Crippen molar-refractivity contribution >= 4 is 17.4 Å². The van der Waals surface area contributed by atoms with Gasteiger partial charge in [0.05, 0.1) is 11.4 Å². The molecule has 1 saturated carbocycles. The van der Waals surface area contributed by atoms with Crippen LogP contribution in [0.5, 0.6) is 11.5 Å². The number of amides is 2. The van der Waals surface area contributed by atoms with Gasteiger partial charge in [-0.25, -0.2) is 9.80 Å². The third kappa shape index (κ3) is 3.62. The van der Waals surface area contributed by atoms with Gasteiger partial charge >= 0.3 is 6.03 Å². The lowest BCUT2D eigenvalue weighted by Gasteiger charge is -2.27. The first-order valence-corrected chi connectivity index (χ1v) is 10.8. The van der Waals surface area contributed by atoms with E-state index in [2.05, 4.69) is 17.4 Å². The van der Waals surface area contributed by atoms with Gasteiger partial charge in [0.15, 0.2) is 11.5 Å². The van der Waals surface area contributed by atoms with Crippen molar-refractivity contribution in [2.75, 3.05) is 18.5 Å². The van der Waals surface area contributed by atoms with E-state index in [1.54, 1.807) is 5.01 Å². The number of nitrogens with zero attached hydrogens (tertiary/aromatic N) is 2. The topological polar surface area (TPSA) is 63.2 Å². The van der Waals surface area contributed by atoms with Gasteiger partial charge in [0.2, 0.25) is 0 Å². The Morgan fingerprint density at radius 1 is 1.00 bits per heavy atom. The molecule has 1 aliphatic carbocycles. The fourth-order valence-electron chi connectivity index (χ4n) is 4.55. The van der Waals surface area contributed by atoms with Crippen LogP contribution in [0.2, 0.25) is 0 Å². The normalized spacial score (nSPS) is 20.0. The van der Waals surface area contributed by atoms with E-state index in [0.717, 1.165) is 35.4 Å². The third-order valence-corrected chi connectivity index (χ3v) is 6.17. The fourth-order valence-corrected chi connectivity index (χ4v) is 4.55. The number of ether oxygens (including phenoxy) is 2. The first kappa shape index (κ1) is 19.0. The Bertz CT molecular complexity index is 954. The van der Waals surface area contributed by atoms with Gasteiger partial charge in [0.1, 0.15) is 19.3 Å². The molecule has 2 amide bonds. The van der Waals surface area contributed by atoms with Gasteiger partial charge in [-0.3, -0.25) is 0 Å². The van der Waals surface area contributed by atoms with Gasteiger partial charge in [-0.15, -0.1) is 0 Å². The van der Waals surface area contributed by atoms with Crippen molar-refractivity contribution < 1.29 is 14.3 Å². The summed E-state index contributed by atoms with van der Waals surface area (Å²) >= 11 is 0. The van der Waals surface area contributed by atoms with Crippen LogP contribution in [-0.2, 0) is 0 Å². The van der Waals surface area contributed by atoms with E-state index in [9.17, 15) is 4.79 Å². The summed E-state index contributed by atoms with van der Waals surface area (Å²) in [4.78, 5) is 13.2. The van der Waals surface area contributed by atoms with Crippen LogP contribution in [0.3, 0.4) is 0 Å². The fraction of sp³-hybridized carbons (Fsp3) is 0.417. The van der Waals surface area contributed by atoms with Crippen LogP contribution in [0.1, 0.15) is 43.2 Å². The highest BCUT2D eigenvalue weighted by molar-refractivity contribution is 6.11. The Morgan fingerprint density at radius 3 is 2.40 bits per heavy atom. The molecular formula is C24H27N3O3. The van der Waals surface area contributed by atoms with Gasteiger partial charge in [0, 0.05) is 11.5 Å². The molecule has 2 aliphatic heterocycles. The molecule has 1 fully saturated rings. The van der Waals surface area contributed by atoms with Gasteiger partial charge < -0.3 is 14.8 Å². The minimum Gasteiger partial charge on any atom is -0.487 e. The SMILES string of the molecule is Cc1ccc2c(c1)NC(=O)N(C1COc3ccccc3OC1)N=C2C1CCCCC1. The van der Waals surface area contributed by atoms with Gasteiger partial charge in [-0.05, 0) is 43.5 Å². The molecule has 0 radical (unpaired) electrons. The molecule has 3 aliphatic rings. The van der Waals surface area contributed by atoms with Crippen LogP contribution in [-0.4, -0.2) is 36.0 Å². The second-order valence-electron chi connectivity index (χ2n) is 8.37. The molecule has 6 heteroatoms. The number of aryl methyl sites for hydroxylation is 1. The second-order valence-corrected chi connectivity index (χ2v) is 8.37. The van der Waals surface area contributed by atoms with Gasteiger partial charge in [0.25, 0.3) is 0 Å². The monoisotopic (exact) mass is 405 g/mol. The molecule has 156 valence electrons. The Kier molecular flexibility index (Phi) is 5.07. The van der Waals surface area contributed by atoms with E-state index >= 15 is 0 Å². The van der Waals surface area contributed by atoms with Crippen molar-refractivity contribution in [1.82, 2.24) is 5.01 Å². The number of rotatable bonds is 2. The van der Waals surface area contributed by atoms with Crippen LogP contribution in [0.15, 0.2) is 47.6 Å². The van der Waals surface area contributed by atoms with E-state index in [-0.39, 0.29) is 12.1 Å². The average molecular weight is 405 g/mol. The number of nitrogens with one attached hydrogen (secondary N) is 1. The van der Waals surface area contributed by atoms with E-state index in [1.807, 2.05) is 37.3 Å². The number of hydrogen-bond donors (Lipinski definition) is 1. The summed E-state index contributed by atoms with van der Waals surface area (Å²) < 4.78 is 11.9. The van der Waals surface area contributed by atoms with E-state index < -0.39 is 0 Å². The Labute approximate surface area is 176 Å². The number of urea groups is 1. The summed E-state index contributed by atoms with van der Waals surface area (Å²) in [5.41, 5.74) is 3.99. The number of hydrogen-bond acceptors (Lipinski definition) is 4. The Hall–Kier alpha value is -3.02. The predicted molar refractivity (Wildman–Crippen MR) is 116 cm³/mol. The molecule has 6 nitrogen and oxygen atoms in total. The minimum atomic E-state index is -0.314. The minimum absolute atomic E-state index is 0.240. The van der Waals surface area contributed by atoms with Crippen molar-refractivity contribution in [2.45, 2.75) is 45.1 Å². The lowest BCUT2D eigenvalue weighted by atomic mass is 9.83. The van der Waals surface area contributed by atoms with Crippen LogP contribution in [0.25, 0.3) is 0 Å². The van der Waals surface area contributed by atoms with Crippen LogP contribution >= 0.6 is 0 Å². The smallest absolute Gasteiger partial charge is 0.342 e. The van der Waals surface area contributed by atoms with E-state index in [0.29, 0.717) is 30.6 Å². The first-order chi connectivity index (χ1) is 14.7. The molecule has 0 unspecified atom stereocenters. The maximum atomic E-state index is 13.2. The number of fused-ring (bicyclic) bond motifs is 2. The number of benzene rings is 2. The lowest BCUT2D eigenvalue weighted by Crippen LogP contribution is -2.45. The van der Waals surface area contributed by atoms with Crippen molar-refractivity contribution in [3.05, 3.63) is 53.6 Å². The van der Waals surface area contributed by atoms with Crippen LogP contribution in [0, 0.1) is 12.8 Å². The molecule has 0 saturated heterocycles. The maximum Gasteiger partial charge on any atom is 0.342 e. The first-order valence-electron chi connectivity index (χ1n) is 10.8. The zero-order valence-electron chi connectivity index (χ0n) is 17.3. The highest BCUT2D eigenvalue weighted by Crippen LogP contribution is 2.34. The zero-order chi connectivity index (χ0) is 20.5. The highest BCUT2D eigenvalue weighted by Gasteiger charge is 2.34. The molecule has 2 aromatic rings. The summed E-state index contributed by atoms with van der Waals surface area (Å²) in [5.74, 6) is 1.76. The van der Waals surface area contributed by atoms with Crippen molar-refractivity contribution in [2.24, 2.45) is 11.0 Å². The number of carbonyl (C=O) groups excluding carboxylic acids is 1. The predicted octanol–water partition coefficient (Wildman–Crippen LogP) is 4.97. The molecule has 0 bridgehead atoms. The van der Waals surface area contributed by atoms with Gasteiger partial charge in [-0.2, -0.15) is 5.10 Å². The molecule has 0 aromatic heterocycles. The molecule has 2 aromatic carbocycles. The number of para-hydroxylation sites is 2. The molecule has 1 N–H and O–H groups in total. The van der Waals surface area contributed by atoms with Crippen molar-refractivity contribution in [3.8, 4) is 11.5 Å². The second kappa shape index (κ2) is 8.01. The largest absolute Gasteiger partial charge is 0.487 e. The molecule has 30 heavy (non-hydrogen) atoms. The molecule has 0 atom stereocenters. The van der Waals surface area contributed by atoms with Crippen LogP contribution in [0.4, 0.5) is 10.5 Å². The summed E-state index contributed by atoms with van der Waals surface area (Å²) in [6.07, 6.45) is 5.90. The van der Waals surface area contributed by atoms with E-state index in [1.165, 1.54) is 19.3 Å². The molecule has 5 rings (SSSR count). The number of carbonyl (C=O) groups is 1. The summed E-state index contributed by atoms with van der Waals surface area (Å²) in [6.45, 7) is 2.71. The van der Waals surface area contributed by atoms with Crippen molar-refractivity contribution in [3.63, 3.8) is 0 Å². The summed E-state index contributed by atoms with van der Waals surface area (Å²) in [6, 6.07) is 13.3. The quantitative estimate of drug-likeness (QED) is 0.767. The summed E-state index contributed by atoms with van der Waals surface area (Å²) in [5, 5.41) is 9.59. The molecular weight excluding hydrogens is 378 g/mol. The maximum absolute atomic E-state index is 13.2. The Balaban J connectivity index is 1.50. The molecule has 2 heterocycles. The Morgan fingerprint density at radius 2 is 1.70 bits per heavy atom. The third-order valence-electron chi connectivity index (χ3n) is 6.17. The zero-order valence-corrected chi connectivity index (χ0v) is 17.3. The number of anilines is 1. The van der Waals surface area contributed by atoms with Crippen LogP contribution < -0.4 is 14.8 Å². The van der Waals surface area contributed by atoms with Gasteiger partial charge in [-0.1, -0.05) is 43.5 Å². The summed E-state index contributed by atoms with van der Waals surface area (Å²) in [7, 11) is 0. The average Bonchev–Trinajstić information content (AvgIpc) is 3.06. The van der Waals surface area contributed by atoms with E-state index in [4.69, 9.17) is 14.6 Å². The standard InChI is InChI=1S/C24H27N3O3/c1-16-11-12-19-20(13-16)25-24(28)27(26-23(19)17-7-3-2-4-8-17)18-14-29-21-9-5-6-10-22(21)30-15-18/h5-6,9-13,17-18H,2-4,7-8,14-15H2,1H3,(H,25,28). The molecule has 0 spiro atoms. The lowest BCUT2D eigenvalue weighted by molar-refractivity contribution is 0.132. The number of hydrazone groups is 1.